The van der Waals surface area contributed by atoms with Gasteiger partial charge in [0.2, 0.25) is 0 Å². The van der Waals surface area contributed by atoms with Crippen molar-refractivity contribution in [2.75, 3.05) is 6.61 Å². The molecule has 0 bridgehead atoms. The Morgan fingerprint density at radius 3 is 2.19 bits per heavy atom. The van der Waals surface area contributed by atoms with Crippen molar-refractivity contribution in [3.05, 3.63) is 53.6 Å². The smallest absolute Gasteiger partial charge is 0.331 e. The maximum absolute atomic E-state index is 12.4. The highest BCUT2D eigenvalue weighted by Gasteiger charge is 2.31. The number of carbonyl (C=O) groups is 2. The summed E-state index contributed by atoms with van der Waals surface area (Å²) in [6, 6.07) is 8.65. The van der Waals surface area contributed by atoms with Gasteiger partial charge in [0.1, 0.15) is 6.10 Å². The van der Waals surface area contributed by atoms with Gasteiger partial charge in [-0.05, 0) is 24.6 Å². The van der Waals surface area contributed by atoms with Crippen molar-refractivity contribution < 1.29 is 34.8 Å². The molecule has 8 heteroatoms. The zero-order valence-electron chi connectivity index (χ0n) is 13.9. The zero-order chi connectivity index (χ0) is 19.3. The highest BCUT2D eigenvalue weighted by Crippen LogP contribution is 2.35. The van der Waals surface area contributed by atoms with E-state index in [2.05, 4.69) is 5.32 Å². The summed E-state index contributed by atoms with van der Waals surface area (Å²) in [5, 5.41) is 41.2. The molecule has 8 nitrogen and oxygen atoms in total. The van der Waals surface area contributed by atoms with Crippen LogP contribution in [0.5, 0.6) is 17.2 Å². The molecule has 0 aliphatic carbocycles. The van der Waals surface area contributed by atoms with Crippen molar-refractivity contribution in [2.24, 2.45) is 0 Å². The number of rotatable bonds is 6. The van der Waals surface area contributed by atoms with Crippen LogP contribution in [0.1, 0.15) is 28.9 Å². The van der Waals surface area contributed by atoms with Crippen LogP contribution in [0.15, 0.2) is 42.5 Å². The van der Waals surface area contributed by atoms with E-state index in [9.17, 15) is 30.0 Å². The number of hydrogen-bond acceptors (Lipinski definition) is 7. The van der Waals surface area contributed by atoms with Crippen LogP contribution >= 0.6 is 0 Å². The van der Waals surface area contributed by atoms with Crippen molar-refractivity contribution in [1.29, 1.82) is 0 Å². The number of esters is 1. The molecule has 2 aromatic rings. The predicted octanol–water partition coefficient (Wildman–Crippen LogP) is 1.20. The first-order chi connectivity index (χ1) is 12.3. The molecule has 0 aliphatic heterocycles. The number of aromatic hydroxyl groups is 3. The number of phenols is 3. The third-order valence-corrected chi connectivity index (χ3v) is 3.62. The normalized spacial score (nSPS) is 12.8. The third-order valence-electron chi connectivity index (χ3n) is 3.62. The second-order valence-electron chi connectivity index (χ2n) is 5.42. The van der Waals surface area contributed by atoms with Gasteiger partial charge in [0.05, 0.1) is 6.61 Å². The Kier molecular flexibility index (Phi) is 6.03. The number of amides is 1. The van der Waals surface area contributed by atoms with Gasteiger partial charge in [-0.2, -0.15) is 0 Å². The molecule has 26 heavy (non-hydrogen) atoms. The van der Waals surface area contributed by atoms with E-state index in [4.69, 9.17) is 4.74 Å². The molecule has 1 amide bonds. The number of carbonyl (C=O) groups excluding carboxylic acids is 2. The number of nitrogens with one attached hydrogen (secondary N) is 1. The molecule has 2 atom stereocenters. The van der Waals surface area contributed by atoms with Gasteiger partial charge < -0.3 is 30.5 Å². The monoisotopic (exact) mass is 361 g/mol. The summed E-state index contributed by atoms with van der Waals surface area (Å²) in [5.74, 6) is -3.88. The number of hydrogen-bond donors (Lipinski definition) is 5. The summed E-state index contributed by atoms with van der Waals surface area (Å²) in [5.41, 5.74) is 0.176. The first-order valence-corrected chi connectivity index (χ1v) is 7.80. The number of ether oxygens (including phenoxy) is 1. The Hall–Kier alpha value is -3.26. The van der Waals surface area contributed by atoms with Crippen LogP contribution < -0.4 is 5.32 Å². The quantitative estimate of drug-likeness (QED) is 0.385. The lowest BCUT2D eigenvalue weighted by atomic mass is 10.0. The Labute approximate surface area is 149 Å². The fourth-order valence-electron chi connectivity index (χ4n) is 2.30. The minimum Gasteiger partial charge on any atom is -0.504 e. The molecule has 0 radical (unpaired) electrons. The van der Waals surface area contributed by atoms with E-state index in [1.807, 2.05) is 0 Å². The van der Waals surface area contributed by atoms with E-state index >= 15 is 0 Å². The van der Waals surface area contributed by atoms with E-state index in [0.717, 1.165) is 12.1 Å². The SMILES string of the molecule is CCOC(=O)C(NC(=O)c1cc(O)c(O)c(O)c1)C(O)c1ccccc1. The van der Waals surface area contributed by atoms with Crippen LogP contribution in [-0.4, -0.2) is 45.0 Å². The lowest BCUT2D eigenvalue weighted by Gasteiger charge is -2.23. The number of aliphatic hydroxyl groups is 1. The maximum atomic E-state index is 12.4. The zero-order valence-corrected chi connectivity index (χ0v) is 13.9. The molecule has 0 fully saturated rings. The van der Waals surface area contributed by atoms with Gasteiger partial charge in [0.25, 0.3) is 5.91 Å². The van der Waals surface area contributed by atoms with Crippen molar-refractivity contribution in [1.82, 2.24) is 5.32 Å². The highest BCUT2D eigenvalue weighted by atomic mass is 16.5. The lowest BCUT2D eigenvalue weighted by Crippen LogP contribution is -2.46. The summed E-state index contributed by atoms with van der Waals surface area (Å²) in [6.07, 6.45) is -1.38. The van der Waals surface area contributed by atoms with E-state index in [1.165, 1.54) is 0 Å². The second kappa shape index (κ2) is 8.21. The molecule has 138 valence electrons. The minimum absolute atomic E-state index is 0.0491. The van der Waals surface area contributed by atoms with Crippen LogP contribution in [0.2, 0.25) is 0 Å². The molecule has 0 spiro atoms. The average molecular weight is 361 g/mol. The van der Waals surface area contributed by atoms with Gasteiger partial charge in [-0.3, -0.25) is 4.79 Å². The van der Waals surface area contributed by atoms with E-state index in [1.54, 1.807) is 37.3 Å². The summed E-state index contributed by atoms with van der Waals surface area (Å²) in [7, 11) is 0. The van der Waals surface area contributed by atoms with Crippen molar-refractivity contribution in [3.8, 4) is 17.2 Å². The first kappa shape index (κ1) is 19.1. The summed E-state index contributed by atoms with van der Waals surface area (Å²) >= 11 is 0. The fraction of sp³-hybridized carbons (Fsp3) is 0.222. The molecule has 0 saturated carbocycles. The molecule has 0 aliphatic rings. The van der Waals surface area contributed by atoms with Crippen molar-refractivity contribution in [3.63, 3.8) is 0 Å². The maximum Gasteiger partial charge on any atom is 0.331 e. The lowest BCUT2D eigenvalue weighted by molar-refractivity contribution is -0.148. The summed E-state index contributed by atoms with van der Waals surface area (Å²) in [4.78, 5) is 24.6. The molecule has 5 N–H and O–H groups in total. The molecule has 2 rings (SSSR count). The van der Waals surface area contributed by atoms with Gasteiger partial charge in [-0.25, -0.2) is 4.79 Å². The van der Waals surface area contributed by atoms with Crippen molar-refractivity contribution in [2.45, 2.75) is 19.1 Å². The minimum atomic E-state index is -1.41. The molecule has 0 saturated heterocycles. The van der Waals surface area contributed by atoms with E-state index in [0.29, 0.717) is 5.56 Å². The number of phenolic OH excluding ortho intramolecular Hbond substituents is 3. The average Bonchev–Trinajstić information content (AvgIpc) is 2.63. The van der Waals surface area contributed by atoms with Crippen LogP contribution in [0.25, 0.3) is 0 Å². The van der Waals surface area contributed by atoms with Gasteiger partial charge >= 0.3 is 5.97 Å². The molecular weight excluding hydrogens is 342 g/mol. The second-order valence-corrected chi connectivity index (χ2v) is 5.42. The Morgan fingerprint density at radius 1 is 1.08 bits per heavy atom. The predicted molar refractivity (Wildman–Crippen MR) is 90.7 cm³/mol. The summed E-state index contributed by atoms with van der Waals surface area (Å²) < 4.78 is 4.90. The molecular formula is C18H19NO7. The van der Waals surface area contributed by atoms with Crippen LogP contribution in [-0.2, 0) is 9.53 Å². The van der Waals surface area contributed by atoms with Crippen molar-refractivity contribution >= 4 is 11.9 Å². The number of benzene rings is 2. The highest BCUT2D eigenvalue weighted by molar-refractivity contribution is 5.98. The third kappa shape index (κ3) is 4.22. The molecule has 0 aromatic heterocycles. The standard InChI is InChI=1S/C18H19NO7/c1-2-26-18(25)14(15(22)10-6-4-3-5-7-10)19-17(24)11-8-12(20)16(23)13(21)9-11/h3-9,14-15,20-23H,2H2,1H3,(H,19,24). The molecule has 0 heterocycles. The molecule has 2 unspecified atom stereocenters. The van der Waals surface area contributed by atoms with Crippen LogP contribution in [0.3, 0.4) is 0 Å². The van der Waals surface area contributed by atoms with E-state index in [-0.39, 0.29) is 12.2 Å². The topological polar surface area (TPSA) is 136 Å². The fourth-order valence-corrected chi connectivity index (χ4v) is 2.30. The molecule has 2 aromatic carbocycles. The largest absolute Gasteiger partial charge is 0.504 e. The van der Waals surface area contributed by atoms with Gasteiger partial charge in [-0.15, -0.1) is 0 Å². The van der Waals surface area contributed by atoms with Gasteiger partial charge in [-0.1, -0.05) is 30.3 Å². The Balaban J connectivity index is 2.29. The van der Waals surface area contributed by atoms with Crippen LogP contribution in [0.4, 0.5) is 0 Å². The van der Waals surface area contributed by atoms with Gasteiger partial charge in [0, 0.05) is 5.56 Å². The van der Waals surface area contributed by atoms with Gasteiger partial charge in [0.15, 0.2) is 23.3 Å². The first-order valence-electron chi connectivity index (χ1n) is 7.80. The summed E-state index contributed by atoms with van der Waals surface area (Å²) in [6.45, 7) is 1.63. The Bertz CT molecular complexity index is 768. The van der Waals surface area contributed by atoms with E-state index < -0.39 is 41.3 Å². The Morgan fingerprint density at radius 2 is 1.65 bits per heavy atom. The number of aliphatic hydroxyl groups excluding tert-OH is 1. The van der Waals surface area contributed by atoms with Crippen LogP contribution in [0, 0.1) is 0 Å².